The molecule has 4 aromatic rings. The number of rotatable bonds is 5. The number of aromatic nitrogens is 2. The highest BCUT2D eigenvalue weighted by Gasteiger charge is 2.34. The molecule has 168 valence electrons. The second-order valence-corrected chi connectivity index (χ2v) is 7.73. The van der Waals surface area contributed by atoms with E-state index in [-0.39, 0.29) is 22.1 Å². The van der Waals surface area contributed by atoms with Gasteiger partial charge in [0.15, 0.2) is 0 Å². The fourth-order valence-corrected chi connectivity index (χ4v) is 3.45. The van der Waals surface area contributed by atoms with Crippen LogP contribution in [0.25, 0.3) is 5.69 Å². The number of nitrogens with one attached hydrogen (secondary N) is 1. The molecule has 0 spiro atoms. The summed E-state index contributed by atoms with van der Waals surface area (Å²) in [6.45, 7) is 0. The van der Waals surface area contributed by atoms with Crippen LogP contribution in [0.15, 0.2) is 85.3 Å². The summed E-state index contributed by atoms with van der Waals surface area (Å²) in [4.78, 5) is 17.5. The predicted molar refractivity (Wildman–Crippen MR) is 122 cm³/mol. The molecule has 0 saturated carbocycles. The number of hydrazine groups is 1. The van der Waals surface area contributed by atoms with Crippen molar-refractivity contribution >= 4 is 40.5 Å². The normalized spacial score (nSPS) is 11.3. The zero-order valence-electron chi connectivity index (χ0n) is 16.7. The molecule has 0 bridgehead atoms. The monoisotopic (exact) mass is 490 g/mol. The first kappa shape index (κ1) is 22.7. The number of benzene rings is 3. The van der Waals surface area contributed by atoms with E-state index < -0.39 is 17.6 Å². The Labute approximate surface area is 197 Å². The highest BCUT2D eigenvalue weighted by Crippen LogP contribution is 2.36. The summed E-state index contributed by atoms with van der Waals surface area (Å²) in [6, 6.07) is 18.0. The van der Waals surface area contributed by atoms with Crippen LogP contribution >= 0.6 is 23.2 Å². The summed E-state index contributed by atoms with van der Waals surface area (Å²) in [5.74, 6) is -0.701. The average Bonchev–Trinajstić information content (AvgIpc) is 3.28. The van der Waals surface area contributed by atoms with Gasteiger partial charge in [-0.25, -0.2) is 9.99 Å². The molecule has 5 nitrogen and oxygen atoms in total. The highest BCUT2D eigenvalue weighted by atomic mass is 35.5. The molecule has 1 amide bonds. The van der Waals surface area contributed by atoms with E-state index in [4.69, 9.17) is 23.2 Å². The molecule has 1 N–H and O–H groups in total. The van der Waals surface area contributed by atoms with Crippen LogP contribution in [0.5, 0.6) is 0 Å². The van der Waals surface area contributed by atoms with Crippen molar-refractivity contribution < 1.29 is 18.0 Å². The van der Waals surface area contributed by atoms with Crippen LogP contribution in [-0.4, -0.2) is 15.5 Å². The first-order chi connectivity index (χ1) is 15.7. The van der Waals surface area contributed by atoms with E-state index in [9.17, 15) is 18.0 Å². The molecule has 0 fully saturated rings. The van der Waals surface area contributed by atoms with Crippen molar-refractivity contribution in [3.05, 3.63) is 107 Å². The Bertz CT molecular complexity index is 1290. The van der Waals surface area contributed by atoms with Crippen LogP contribution < -0.4 is 10.4 Å². The van der Waals surface area contributed by atoms with Crippen LogP contribution in [-0.2, 0) is 6.18 Å². The molecule has 0 aliphatic carbocycles. The molecule has 0 atom stereocenters. The number of halogens is 5. The van der Waals surface area contributed by atoms with E-state index in [0.29, 0.717) is 10.7 Å². The number of hydrogen-bond acceptors (Lipinski definition) is 3. The van der Waals surface area contributed by atoms with E-state index in [1.807, 2.05) is 0 Å². The summed E-state index contributed by atoms with van der Waals surface area (Å²) in [5, 5.41) is 1.66. The second-order valence-electron chi connectivity index (χ2n) is 6.89. The smallest absolute Gasteiger partial charge is 0.305 e. The van der Waals surface area contributed by atoms with Crippen molar-refractivity contribution in [2.75, 3.05) is 10.4 Å². The van der Waals surface area contributed by atoms with Gasteiger partial charge >= 0.3 is 6.18 Å². The zero-order valence-corrected chi connectivity index (χ0v) is 18.2. The number of para-hydroxylation sites is 2. The van der Waals surface area contributed by atoms with E-state index in [0.717, 1.165) is 11.1 Å². The Kier molecular flexibility index (Phi) is 6.31. The lowest BCUT2D eigenvalue weighted by molar-refractivity contribution is -0.137. The van der Waals surface area contributed by atoms with Gasteiger partial charge in [0.1, 0.15) is 12.0 Å². The van der Waals surface area contributed by atoms with Crippen molar-refractivity contribution in [3.8, 4) is 5.69 Å². The minimum absolute atomic E-state index is 0.0122. The number of hydrogen-bond donors (Lipinski definition) is 1. The third kappa shape index (κ3) is 4.97. The van der Waals surface area contributed by atoms with Crippen LogP contribution in [0.3, 0.4) is 0 Å². The van der Waals surface area contributed by atoms with Gasteiger partial charge < -0.3 is 4.57 Å². The van der Waals surface area contributed by atoms with Crippen LogP contribution in [0.1, 0.15) is 16.1 Å². The molecule has 0 saturated heterocycles. The summed E-state index contributed by atoms with van der Waals surface area (Å²) < 4.78 is 42.2. The van der Waals surface area contributed by atoms with Gasteiger partial charge in [0.25, 0.3) is 5.91 Å². The van der Waals surface area contributed by atoms with Crippen molar-refractivity contribution in [1.29, 1.82) is 0 Å². The topological polar surface area (TPSA) is 50.2 Å². The summed E-state index contributed by atoms with van der Waals surface area (Å²) in [5.41, 5.74) is 2.20. The lowest BCUT2D eigenvalue weighted by Crippen LogP contribution is -2.37. The van der Waals surface area contributed by atoms with E-state index in [1.54, 1.807) is 41.0 Å². The Morgan fingerprint density at radius 2 is 1.61 bits per heavy atom. The minimum Gasteiger partial charge on any atom is -0.305 e. The molecular formula is C23H15Cl2F3N4O. The van der Waals surface area contributed by atoms with Gasteiger partial charge in [-0.15, -0.1) is 0 Å². The summed E-state index contributed by atoms with van der Waals surface area (Å²) in [7, 11) is 0. The second kappa shape index (κ2) is 9.17. The van der Waals surface area contributed by atoms with E-state index in [2.05, 4.69) is 10.4 Å². The number of carbonyl (C=O) groups excluding carboxylic acids is 1. The van der Waals surface area contributed by atoms with Gasteiger partial charge in [0.05, 0.1) is 22.0 Å². The van der Waals surface area contributed by atoms with Crippen LogP contribution in [0.4, 0.5) is 24.5 Å². The molecule has 1 aromatic heterocycles. The average molecular weight is 491 g/mol. The van der Waals surface area contributed by atoms with E-state index in [1.165, 1.54) is 42.9 Å². The van der Waals surface area contributed by atoms with Crippen molar-refractivity contribution in [2.45, 2.75) is 6.18 Å². The fraction of sp³-hybridized carbons (Fsp3) is 0.0435. The van der Waals surface area contributed by atoms with Gasteiger partial charge in [-0.1, -0.05) is 47.5 Å². The molecule has 4 rings (SSSR count). The first-order valence-electron chi connectivity index (χ1n) is 9.56. The number of alkyl halides is 3. The molecule has 1 heterocycles. The van der Waals surface area contributed by atoms with Gasteiger partial charge in [0.2, 0.25) is 0 Å². The Balaban J connectivity index is 1.73. The highest BCUT2D eigenvalue weighted by molar-refractivity contribution is 6.34. The number of amides is 1. The third-order valence-electron chi connectivity index (χ3n) is 4.69. The molecular weight excluding hydrogens is 476 g/mol. The maximum atomic E-state index is 13.5. The molecule has 0 unspecified atom stereocenters. The lowest BCUT2D eigenvalue weighted by atomic mass is 10.2. The first-order valence-corrected chi connectivity index (χ1v) is 10.3. The van der Waals surface area contributed by atoms with Crippen LogP contribution in [0.2, 0.25) is 10.0 Å². The molecule has 10 heteroatoms. The largest absolute Gasteiger partial charge is 0.418 e. The fourth-order valence-electron chi connectivity index (χ4n) is 3.10. The molecule has 0 radical (unpaired) electrons. The van der Waals surface area contributed by atoms with Gasteiger partial charge in [-0.3, -0.25) is 10.2 Å². The third-order valence-corrected chi connectivity index (χ3v) is 5.26. The summed E-state index contributed by atoms with van der Waals surface area (Å²) >= 11 is 12.2. The molecule has 0 aliphatic rings. The number of anilines is 2. The Hall–Kier alpha value is -3.49. The van der Waals surface area contributed by atoms with E-state index >= 15 is 0 Å². The molecule has 33 heavy (non-hydrogen) atoms. The van der Waals surface area contributed by atoms with Crippen molar-refractivity contribution in [1.82, 2.24) is 9.55 Å². The number of nitrogens with zero attached hydrogens (tertiary/aromatic N) is 3. The lowest BCUT2D eigenvalue weighted by Gasteiger charge is -2.26. The SMILES string of the molecule is O=C(c1cn(-c2ccc(Cl)cc2)cn1)N(Nc1ccccc1C(F)(F)F)c1ccccc1Cl. The Morgan fingerprint density at radius 3 is 2.30 bits per heavy atom. The van der Waals surface area contributed by atoms with Crippen molar-refractivity contribution in [3.63, 3.8) is 0 Å². The van der Waals surface area contributed by atoms with Gasteiger partial charge in [0, 0.05) is 16.9 Å². The number of carbonyl (C=O) groups is 1. The maximum absolute atomic E-state index is 13.5. The summed E-state index contributed by atoms with van der Waals surface area (Å²) in [6.07, 6.45) is -1.74. The van der Waals surface area contributed by atoms with Gasteiger partial charge in [-0.2, -0.15) is 13.2 Å². The maximum Gasteiger partial charge on any atom is 0.418 e. The molecule has 3 aromatic carbocycles. The molecule has 0 aliphatic heterocycles. The predicted octanol–water partition coefficient (Wildman–Crippen LogP) is 6.87. The van der Waals surface area contributed by atoms with Crippen LogP contribution in [0, 0.1) is 0 Å². The van der Waals surface area contributed by atoms with Crippen molar-refractivity contribution in [2.24, 2.45) is 0 Å². The Morgan fingerprint density at radius 1 is 0.939 bits per heavy atom. The zero-order chi connectivity index (χ0) is 23.6. The standard InChI is InChI=1S/C23H15Cl2F3N4O/c24-15-9-11-16(12-10-15)31-13-20(29-14-31)22(33)32(21-8-4-2-6-18(21)25)30-19-7-3-1-5-17(19)23(26,27)28/h1-14,30H. The van der Waals surface area contributed by atoms with Gasteiger partial charge in [-0.05, 0) is 48.5 Å². The minimum atomic E-state index is -4.63. The number of imidazole rings is 1. The quantitative estimate of drug-likeness (QED) is 0.310.